The van der Waals surface area contributed by atoms with Crippen LogP contribution in [0.3, 0.4) is 0 Å². The number of hydrogen-bond donors (Lipinski definition) is 4. The zero-order valence-electron chi connectivity index (χ0n) is 14.2. The van der Waals surface area contributed by atoms with Crippen molar-refractivity contribution in [2.45, 2.75) is 19.3 Å². The quantitative estimate of drug-likeness (QED) is 0.192. The van der Waals surface area contributed by atoms with Gasteiger partial charge in [-0.25, -0.2) is 23.9 Å². The number of carbonyl (C=O) groups is 1. The van der Waals surface area contributed by atoms with Crippen molar-refractivity contribution in [3.8, 4) is 0 Å². The van der Waals surface area contributed by atoms with Gasteiger partial charge >= 0.3 is 0 Å². The lowest BCUT2D eigenvalue weighted by Crippen LogP contribution is -2.31. The summed E-state index contributed by atoms with van der Waals surface area (Å²) in [4.78, 5) is 16.1. The first-order valence-corrected chi connectivity index (χ1v) is 9.66. The molecule has 0 aliphatic carbocycles. The second-order valence-electron chi connectivity index (χ2n) is 5.49. The van der Waals surface area contributed by atoms with E-state index in [1.165, 1.54) is 12.1 Å². The Morgan fingerprint density at radius 2 is 2.14 bits per heavy atom. The number of nitrogens with two attached hydrogens (primary N) is 1. The maximum Gasteiger partial charge on any atom is 0.274 e. The van der Waals surface area contributed by atoms with E-state index in [1.54, 1.807) is 0 Å². The number of nitrogens with one attached hydrogen (secondary N) is 2. The van der Waals surface area contributed by atoms with Gasteiger partial charge < -0.3 is 0 Å². The largest absolute Gasteiger partial charge is 0.299 e. The van der Waals surface area contributed by atoms with Crippen LogP contribution in [0.1, 0.15) is 24.2 Å². The summed E-state index contributed by atoms with van der Waals surface area (Å²) in [6, 6.07) is 3.64. The van der Waals surface area contributed by atoms with Crippen molar-refractivity contribution >= 4 is 39.1 Å². The third-order valence-electron chi connectivity index (χ3n) is 3.33. The van der Waals surface area contributed by atoms with E-state index < -0.39 is 16.0 Å². The number of halogens is 2. The Morgan fingerprint density at radius 3 is 2.79 bits per heavy atom. The molecule has 0 amide bonds. The Kier molecular flexibility index (Phi) is 7.53. The summed E-state index contributed by atoms with van der Waals surface area (Å²) in [6.45, 7) is 0.00469. The normalized spacial score (nSPS) is 12.2. The minimum atomic E-state index is -3.81. The Hall–Kier alpha value is -2.45. The lowest BCUT2D eigenvalue weighted by atomic mass is 10.1. The van der Waals surface area contributed by atoms with Crippen LogP contribution in [-0.4, -0.2) is 42.1 Å². The zero-order chi connectivity index (χ0) is 20.7. The molecule has 1 aromatic carbocycles. The minimum Gasteiger partial charge on any atom is -0.299 e. The van der Waals surface area contributed by atoms with Gasteiger partial charge in [0.2, 0.25) is 0 Å². The SMILES string of the molecule is NS(=O)(=O)NCCCC(=O)Cc1nonc1C(=Nc1ccc(F)c(Cl)c1)NO. The van der Waals surface area contributed by atoms with Gasteiger partial charge in [-0.2, -0.15) is 8.42 Å². The number of Topliss-reactive ketones (excluding diaryl/α,β-unsaturated/α-hetero) is 1. The summed E-state index contributed by atoms with van der Waals surface area (Å²) in [5, 5.41) is 21.2. The molecule has 0 spiro atoms. The van der Waals surface area contributed by atoms with Crippen LogP contribution in [0.25, 0.3) is 0 Å². The molecule has 11 nitrogen and oxygen atoms in total. The number of amidine groups is 1. The fraction of sp³-hybridized carbons (Fsp3) is 0.286. The molecule has 5 N–H and O–H groups in total. The Bertz CT molecular complexity index is 980. The number of benzene rings is 1. The second-order valence-corrected chi connectivity index (χ2v) is 7.27. The molecule has 0 saturated heterocycles. The number of hydrogen-bond acceptors (Lipinski definition) is 8. The van der Waals surface area contributed by atoms with Gasteiger partial charge in [-0.15, -0.1) is 0 Å². The van der Waals surface area contributed by atoms with Gasteiger partial charge in [0.1, 0.15) is 17.3 Å². The molecule has 0 saturated carbocycles. The third kappa shape index (κ3) is 6.61. The highest BCUT2D eigenvalue weighted by Crippen LogP contribution is 2.22. The van der Waals surface area contributed by atoms with Crippen LogP contribution in [-0.2, 0) is 21.4 Å². The molecule has 0 atom stereocenters. The number of aliphatic imine (C=N–C) groups is 1. The van der Waals surface area contributed by atoms with Crippen molar-refractivity contribution in [2.75, 3.05) is 6.54 Å². The molecule has 1 heterocycles. The summed E-state index contributed by atoms with van der Waals surface area (Å²) in [5.41, 5.74) is 2.09. The summed E-state index contributed by atoms with van der Waals surface area (Å²) in [6.07, 6.45) is 0.0731. The fourth-order valence-electron chi connectivity index (χ4n) is 2.09. The van der Waals surface area contributed by atoms with Crippen LogP contribution in [0.2, 0.25) is 5.02 Å². The van der Waals surface area contributed by atoms with Gasteiger partial charge in [0.05, 0.1) is 17.1 Å². The topological polar surface area (TPSA) is 173 Å². The monoisotopic (exact) mass is 434 g/mol. The van der Waals surface area contributed by atoms with Crippen LogP contribution in [0.5, 0.6) is 0 Å². The van der Waals surface area contributed by atoms with Crippen LogP contribution < -0.4 is 15.3 Å². The van der Waals surface area contributed by atoms with E-state index in [-0.39, 0.29) is 59.5 Å². The first kappa shape index (κ1) is 21.8. The van der Waals surface area contributed by atoms with E-state index >= 15 is 0 Å². The van der Waals surface area contributed by atoms with Gasteiger partial charge in [-0.05, 0) is 29.8 Å². The van der Waals surface area contributed by atoms with Gasteiger partial charge in [0, 0.05) is 13.0 Å². The standard InChI is InChI=1S/C14H16ClFN6O5S/c15-10-6-8(3-4-11(10)16)19-14(20-24)13-12(21-27-22-13)7-9(23)2-1-5-18-28(17,25)26/h3-4,6,18,24H,1-2,5,7H2,(H,19,20)(H2,17,25,26). The van der Waals surface area contributed by atoms with Gasteiger partial charge in [-0.1, -0.05) is 16.8 Å². The van der Waals surface area contributed by atoms with Crippen molar-refractivity contribution < 1.29 is 27.4 Å². The molecule has 28 heavy (non-hydrogen) atoms. The van der Waals surface area contributed by atoms with Crippen molar-refractivity contribution in [1.82, 2.24) is 20.5 Å². The Balaban J connectivity index is 2.07. The highest BCUT2D eigenvalue weighted by Gasteiger charge is 2.19. The Labute approximate surface area is 163 Å². The Morgan fingerprint density at radius 1 is 1.39 bits per heavy atom. The molecule has 0 aliphatic heterocycles. The summed E-state index contributed by atoms with van der Waals surface area (Å²) < 4.78 is 41.4. The zero-order valence-corrected chi connectivity index (χ0v) is 15.8. The average molecular weight is 435 g/mol. The number of carbonyl (C=O) groups excluding carboxylic acids is 1. The molecular formula is C14H16ClFN6O5S. The van der Waals surface area contributed by atoms with Crippen molar-refractivity contribution in [2.24, 2.45) is 10.1 Å². The van der Waals surface area contributed by atoms with E-state index in [1.807, 2.05) is 5.48 Å². The number of aromatic nitrogens is 2. The number of ketones is 1. The minimum absolute atomic E-state index is 0.00469. The highest BCUT2D eigenvalue weighted by molar-refractivity contribution is 7.87. The van der Waals surface area contributed by atoms with Crippen LogP contribution in [0, 0.1) is 5.82 Å². The maximum atomic E-state index is 13.2. The molecule has 0 fully saturated rings. The van der Waals surface area contributed by atoms with E-state index in [2.05, 4.69) is 24.7 Å². The van der Waals surface area contributed by atoms with Crippen LogP contribution in [0.15, 0.2) is 27.8 Å². The second kappa shape index (κ2) is 9.66. The smallest absolute Gasteiger partial charge is 0.274 e. The summed E-state index contributed by atoms with van der Waals surface area (Å²) in [5.74, 6) is -1.11. The van der Waals surface area contributed by atoms with Crippen molar-refractivity contribution in [3.05, 3.63) is 40.4 Å². The highest BCUT2D eigenvalue weighted by atomic mass is 35.5. The molecule has 0 bridgehead atoms. The van der Waals surface area contributed by atoms with E-state index in [4.69, 9.17) is 16.7 Å². The van der Waals surface area contributed by atoms with Gasteiger partial charge in [0.25, 0.3) is 10.2 Å². The predicted molar refractivity (Wildman–Crippen MR) is 95.9 cm³/mol. The average Bonchev–Trinajstić information content (AvgIpc) is 3.06. The molecule has 0 radical (unpaired) electrons. The van der Waals surface area contributed by atoms with Crippen molar-refractivity contribution in [1.29, 1.82) is 0 Å². The predicted octanol–water partition coefficient (Wildman–Crippen LogP) is 0.604. The summed E-state index contributed by atoms with van der Waals surface area (Å²) >= 11 is 5.69. The molecule has 2 aromatic rings. The van der Waals surface area contributed by atoms with Gasteiger partial charge in [-0.3, -0.25) is 15.5 Å². The molecule has 0 aliphatic rings. The third-order valence-corrected chi connectivity index (χ3v) is 4.23. The van der Waals surface area contributed by atoms with E-state index in [9.17, 15) is 22.8 Å². The molecule has 1 aromatic heterocycles. The first-order valence-electron chi connectivity index (χ1n) is 7.74. The lowest BCUT2D eigenvalue weighted by Gasteiger charge is -2.04. The number of rotatable bonds is 9. The number of nitrogens with zero attached hydrogens (tertiary/aromatic N) is 3. The first-order chi connectivity index (χ1) is 13.2. The summed E-state index contributed by atoms with van der Waals surface area (Å²) in [7, 11) is -3.81. The molecule has 14 heteroatoms. The van der Waals surface area contributed by atoms with Crippen molar-refractivity contribution in [3.63, 3.8) is 0 Å². The lowest BCUT2D eigenvalue weighted by molar-refractivity contribution is -0.118. The van der Waals surface area contributed by atoms with Crippen LogP contribution >= 0.6 is 11.6 Å². The number of hydroxylamine groups is 1. The van der Waals surface area contributed by atoms with Crippen LogP contribution in [0.4, 0.5) is 10.1 Å². The molecule has 0 unspecified atom stereocenters. The van der Waals surface area contributed by atoms with E-state index in [0.717, 1.165) is 6.07 Å². The molecule has 152 valence electrons. The van der Waals surface area contributed by atoms with E-state index in [0.29, 0.717) is 0 Å². The fourth-order valence-corrected chi connectivity index (χ4v) is 2.70. The maximum absolute atomic E-state index is 13.2. The molecular weight excluding hydrogens is 419 g/mol. The van der Waals surface area contributed by atoms with Gasteiger partial charge in [0.15, 0.2) is 11.5 Å². The molecule has 2 rings (SSSR count).